The van der Waals surface area contributed by atoms with Crippen molar-refractivity contribution >= 4 is 21.6 Å². The lowest BCUT2D eigenvalue weighted by Gasteiger charge is -2.21. The molecule has 112 valence electrons. The van der Waals surface area contributed by atoms with Gasteiger partial charge in [-0.3, -0.25) is 4.98 Å². The third-order valence-electron chi connectivity index (χ3n) is 2.97. The summed E-state index contributed by atoms with van der Waals surface area (Å²) in [4.78, 5) is 3.80. The lowest BCUT2D eigenvalue weighted by Crippen LogP contribution is -2.30. The first kappa shape index (κ1) is 15.9. The van der Waals surface area contributed by atoms with Crippen LogP contribution in [0.25, 0.3) is 0 Å². The third-order valence-corrected chi connectivity index (χ3v) is 5.38. The number of benzene rings is 1. The van der Waals surface area contributed by atoms with E-state index in [1.54, 1.807) is 31.5 Å². The van der Waals surface area contributed by atoms with Crippen LogP contribution in [0.3, 0.4) is 0 Å². The standard InChI is InChI=1S/C14H14ClFN2O2S/c1-2-18(10-11-5-7-17-8-6-11)21(19,20)14-4-3-12(16)9-13(14)15/h3-9H,2,10H2,1H3. The summed E-state index contributed by atoms with van der Waals surface area (Å²) in [5.41, 5.74) is 0.814. The summed E-state index contributed by atoms with van der Waals surface area (Å²) in [6.45, 7) is 2.21. The van der Waals surface area contributed by atoms with Gasteiger partial charge < -0.3 is 0 Å². The first-order chi connectivity index (χ1) is 9.95. The topological polar surface area (TPSA) is 50.3 Å². The monoisotopic (exact) mass is 328 g/mol. The molecule has 0 saturated carbocycles. The van der Waals surface area contributed by atoms with Crippen LogP contribution in [0.15, 0.2) is 47.6 Å². The number of nitrogens with zero attached hydrogens (tertiary/aromatic N) is 2. The van der Waals surface area contributed by atoms with E-state index in [0.717, 1.165) is 17.7 Å². The molecule has 0 radical (unpaired) electrons. The molecule has 7 heteroatoms. The molecule has 0 saturated heterocycles. The van der Waals surface area contributed by atoms with Gasteiger partial charge in [0.1, 0.15) is 10.7 Å². The van der Waals surface area contributed by atoms with Crippen LogP contribution < -0.4 is 0 Å². The second-order valence-corrected chi connectivity index (χ2v) is 6.67. The number of hydrogen-bond donors (Lipinski definition) is 0. The number of aromatic nitrogens is 1. The zero-order valence-electron chi connectivity index (χ0n) is 11.3. The van der Waals surface area contributed by atoms with Gasteiger partial charge in [-0.2, -0.15) is 4.31 Å². The molecule has 0 fully saturated rings. The Bertz CT molecular complexity index is 723. The Morgan fingerprint density at radius 3 is 2.48 bits per heavy atom. The van der Waals surface area contributed by atoms with Crippen molar-refractivity contribution in [2.45, 2.75) is 18.4 Å². The second-order valence-electron chi connectivity index (χ2n) is 4.36. The number of halogens is 2. The molecule has 0 N–H and O–H groups in total. The first-order valence-corrected chi connectivity index (χ1v) is 8.11. The van der Waals surface area contributed by atoms with Crippen molar-refractivity contribution in [1.29, 1.82) is 0 Å². The molecule has 1 aromatic heterocycles. The Labute approximate surface area is 128 Å². The minimum atomic E-state index is -3.78. The highest BCUT2D eigenvalue weighted by atomic mass is 35.5. The Balaban J connectivity index is 2.36. The molecule has 1 aromatic carbocycles. The SMILES string of the molecule is CCN(Cc1ccncc1)S(=O)(=O)c1ccc(F)cc1Cl. The summed E-state index contributed by atoms with van der Waals surface area (Å²) in [6, 6.07) is 6.74. The molecule has 0 aliphatic carbocycles. The Morgan fingerprint density at radius 2 is 1.90 bits per heavy atom. The quantitative estimate of drug-likeness (QED) is 0.847. The maximum Gasteiger partial charge on any atom is 0.244 e. The predicted octanol–water partition coefficient (Wildman–Crippen LogP) is 3.08. The van der Waals surface area contributed by atoms with E-state index < -0.39 is 15.8 Å². The van der Waals surface area contributed by atoms with Gasteiger partial charge in [0.2, 0.25) is 10.0 Å². The van der Waals surface area contributed by atoms with Crippen LogP contribution in [-0.4, -0.2) is 24.3 Å². The fourth-order valence-electron chi connectivity index (χ4n) is 1.88. The van der Waals surface area contributed by atoms with Crippen LogP contribution in [0.2, 0.25) is 5.02 Å². The zero-order valence-corrected chi connectivity index (χ0v) is 12.9. The van der Waals surface area contributed by atoms with Crippen LogP contribution in [0.1, 0.15) is 12.5 Å². The average molecular weight is 329 g/mol. The van der Waals surface area contributed by atoms with Gasteiger partial charge in [-0.1, -0.05) is 18.5 Å². The summed E-state index contributed by atoms with van der Waals surface area (Å²) in [6.07, 6.45) is 3.20. The smallest absolute Gasteiger partial charge is 0.244 e. The summed E-state index contributed by atoms with van der Waals surface area (Å²) < 4.78 is 39.6. The highest BCUT2D eigenvalue weighted by molar-refractivity contribution is 7.89. The fraction of sp³-hybridized carbons (Fsp3) is 0.214. The molecule has 2 aromatic rings. The van der Waals surface area contributed by atoms with E-state index in [4.69, 9.17) is 11.6 Å². The van der Waals surface area contributed by atoms with Gasteiger partial charge in [-0.25, -0.2) is 12.8 Å². The van der Waals surface area contributed by atoms with Crippen molar-refractivity contribution in [2.24, 2.45) is 0 Å². The summed E-state index contributed by atoms with van der Waals surface area (Å²) in [5.74, 6) is -0.573. The third kappa shape index (κ3) is 3.58. The van der Waals surface area contributed by atoms with Crippen LogP contribution in [0.4, 0.5) is 4.39 Å². The van der Waals surface area contributed by atoms with Gasteiger partial charge in [0.15, 0.2) is 0 Å². The molecule has 0 aliphatic rings. The van der Waals surface area contributed by atoms with Crippen molar-refractivity contribution in [3.63, 3.8) is 0 Å². The molecular formula is C14H14ClFN2O2S. The fourth-order valence-corrected chi connectivity index (χ4v) is 3.82. The van der Waals surface area contributed by atoms with Gasteiger partial charge in [0, 0.05) is 25.5 Å². The van der Waals surface area contributed by atoms with Gasteiger partial charge >= 0.3 is 0 Å². The Hall–Kier alpha value is -1.50. The molecule has 0 atom stereocenters. The molecule has 1 heterocycles. The number of hydrogen-bond acceptors (Lipinski definition) is 3. The van der Waals surface area contributed by atoms with E-state index in [1.165, 1.54) is 10.4 Å². The molecule has 4 nitrogen and oxygen atoms in total. The normalized spacial score (nSPS) is 11.8. The molecular weight excluding hydrogens is 315 g/mol. The van der Waals surface area contributed by atoms with E-state index in [-0.39, 0.29) is 23.0 Å². The van der Waals surface area contributed by atoms with Gasteiger partial charge in [-0.05, 0) is 35.9 Å². The maximum atomic E-state index is 13.1. The first-order valence-electron chi connectivity index (χ1n) is 6.29. The van der Waals surface area contributed by atoms with Crippen molar-refractivity contribution in [2.75, 3.05) is 6.54 Å². The van der Waals surface area contributed by atoms with Crippen LogP contribution in [-0.2, 0) is 16.6 Å². The van der Waals surface area contributed by atoms with Crippen molar-refractivity contribution < 1.29 is 12.8 Å². The number of rotatable bonds is 5. The van der Waals surface area contributed by atoms with Crippen molar-refractivity contribution in [3.05, 3.63) is 59.1 Å². The van der Waals surface area contributed by atoms with Gasteiger partial charge in [-0.15, -0.1) is 0 Å². The highest BCUT2D eigenvalue weighted by Crippen LogP contribution is 2.26. The van der Waals surface area contributed by atoms with Crippen LogP contribution >= 0.6 is 11.6 Å². The van der Waals surface area contributed by atoms with Crippen LogP contribution in [0, 0.1) is 5.82 Å². The largest absolute Gasteiger partial charge is 0.265 e. The number of sulfonamides is 1. The van der Waals surface area contributed by atoms with Crippen molar-refractivity contribution in [3.8, 4) is 0 Å². The van der Waals surface area contributed by atoms with Gasteiger partial charge in [0.05, 0.1) is 5.02 Å². The number of pyridine rings is 1. The van der Waals surface area contributed by atoms with E-state index in [1.807, 2.05) is 0 Å². The minimum absolute atomic E-state index is 0.0959. The molecule has 21 heavy (non-hydrogen) atoms. The Kier molecular flexibility index (Phi) is 4.92. The lowest BCUT2D eigenvalue weighted by atomic mass is 10.3. The van der Waals surface area contributed by atoms with E-state index in [0.29, 0.717) is 0 Å². The zero-order chi connectivity index (χ0) is 15.5. The van der Waals surface area contributed by atoms with Gasteiger partial charge in [0.25, 0.3) is 0 Å². The summed E-state index contributed by atoms with van der Waals surface area (Å²) in [5, 5.41) is -0.122. The van der Waals surface area contributed by atoms with Crippen molar-refractivity contribution in [1.82, 2.24) is 9.29 Å². The highest BCUT2D eigenvalue weighted by Gasteiger charge is 2.25. The molecule has 0 amide bonds. The maximum absolute atomic E-state index is 13.1. The predicted molar refractivity (Wildman–Crippen MR) is 78.9 cm³/mol. The average Bonchev–Trinajstić information content (AvgIpc) is 2.45. The Morgan fingerprint density at radius 1 is 1.24 bits per heavy atom. The molecule has 0 spiro atoms. The second kappa shape index (κ2) is 6.51. The van der Waals surface area contributed by atoms with E-state index in [2.05, 4.69) is 4.98 Å². The summed E-state index contributed by atoms with van der Waals surface area (Å²) in [7, 11) is -3.78. The molecule has 2 rings (SSSR count). The van der Waals surface area contributed by atoms with E-state index >= 15 is 0 Å². The van der Waals surface area contributed by atoms with E-state index in [9.17, 15) is 12.8 Å². The molecule has 0 bridgehead atoms. The molecule has 0 aliphatic heterocycles. The lowest BCUT2D eigenvalue weighted by molar-refractivity contribution is 0.423. The molecule has 0 unspecified atom stereocenters. The van der Waals surface area contributed by atoms with Crippen LogP contribution in [0.5, 0.6) is 0 Å². The minimum Gasteiger partial charge on any atom is -0.265 e. The summed E-state index contributed by atoms with van der Waals surface area (Å²) >= 11 is 5.86.